The van der Waals surface area contributed by atoms with Gasteiger partial charge in [-0.2, -0.15) is 0 Å². The second kappa shape index (κ2) is 11.1. The summed E-state index contributed by atoms with van der Waals surface area (Å²) in [5.41, 5.74) is 0. The fourth-order valence-corrected chi connectivity index (χ4v) is 2.52. The average Bonchev–Trinajstić information content (AvgIpc) is 2.92. The molecule has 0 fully saturated rings. The zero-order valence-corrected chi connectivity index (χ0v) is 16.4. The number of aliphatic imine (C=N–C) groups is 1. The molecule has 2 atom stereocenters. The Hall–Kier alpha value is -2.84. The maximum atomic E-state index is 12.1. The first-order valence-electron chi connectivity index (χ1n) is 9.27. The number of carbonyl (C=O) groups is 5. The molecule has 28 heavy (non-hydrogen) atoms. The van der Waals surface area contributed by atoms with Gasteiger partial charge in [0.25, 0.3) is 11.8 Å². The number of aliphatic carboxylic acids is 1. The van der Waals surface area contributed by atoms with E-state index in [1.165, 1.54) is 25.3 Å². The van der Waals surface area contributed by atoms with Crippen molar-refractivity contribution in [1.29, 1.82) is 0 Å². The van der Waals surface area contributed by atoms with Gasteiger partial charge in [0.1, 0.15) is 6.04 Å². The molecule has 154 valence electrons. The third-order valence-electron chi connectivity index (χ3n) is 4.30. The third kappa shape index (κ3) is 7.42. The number of amides is 4. The Kier molecular flexibility index (Phi) is 9.20. The number of rotatable bonds is 11. The van der Waals surface area contributed by atoms with Gasteiger partial charge >= 0.3 is 5.97 Å². The molecular weight excluding hydrogens is 366 g/mol. The quantitative estimate of drug-likeness (QED) is 0.305. The second-order valence-corrected chi connectivity index (χ2v) is 6.98. The van der Waals surface area contributed by atoms with Crippen LogP contribution in [0.1, 0.15) is 46.5 Å². The molecule has 0 aromatic rings. The van der Waals surface area contributed by atoms with Crippen LogP contribution < -0.4 is 5.32 Å². The topological polar surface area (TPSA) is 133 Å². The second-order valence-electron chi connectivity index (χ2n) is 6.98. The largest absolute Gasteiger partial charge is 0.480 e. The van der Waals surface area contributed by atoms with E-state index < -0.39 is 23.8 Å². The van der Waals surface area contributed by atoms with Gasteiger partial charge in [0, 0.05) is 31.3 Å². The highest BCUT2D eigenvalue weighted by atomic mass is 16.4. The van der Waals surface area contributed by atoms with Crippen molar-refractivity contribution in [1.82, 2.24) is 10.2 Å². The number of hydrogen-bond acceptors (Lipinski definition) is 5. The molecule has 1 aliphatic heterocycles. The highest BCUT2D eigenvalue weighted by Gasteiger charge is 2.24. The van der Waals surface area contributed by atoms with Crippen LogP contribution in [-0.2, 0) is 24.0 Å². The Labute approximate surface area is 163 Å². The van der Waals surface area contributed by atoms with Crippen molar-refractivity contribution in [2.45, 2.75) is 52.5 Å². The lowest BCUT2D eigenvalue weighted by Gasteiger charge is -2.17. The lowest BCUT2D eigenvalue weighted by atomic mass is 9.96. The van der Waals surface area contributed by atoms with Crippen LogP contribution >= 0.6 is 0 Å². The minimum absolute atomic E-state index is 0.151. The molecule has 1 aliphatic rings. The van der Waals surface area contributed by atoms with E-state index in [1.807, 2.05) is 0 Å². The van der Waals surface area contributed by atoms with Gasteiger partial charge in [-0.25, -0.2) is 4.99 Å². The van der Waals surface area contributed by atoms with Gasteiger partial charge in [-0.15, -0.1) is 0 Å². The molecule has 1 rings (SSSR count). The number of carboxylic acid groups (broad SMARTS) is 1. The zero-order valence-electron chi connectivity index (χ0n) is 16.4. The summed E-state index contributed by atoms with van der Waals surface area (Å²) in [4.78, 5) is 62.7. The van der Waals surface area contributed by atoms with Gasteiger partial charge in [-0.05, 0) is 25.7 Å². The predicted molar refractivity (Wildman–Crippen MR) is 101 cm³/mol. The monoisotopic (exact) mass is 393 g/mol. The molecule has 1 unspecified atom stereocenters. The summed E-state index contributed by atoms with van der Waals surface area (Å²) in [7, 11) is 0. The van der Waals surface area contributed by atoms with Crippen molar-refractivity contribution < 1.29 is 29.1 Å². The molecule has 0 saturated heterocycles. The van der Waals surface area contributed by atoms with Crippen LogP contribution in [0.2, 0.25) is 0 Å². The van der Waals surface area contributed by atoms with Crippen LogP contribution in [0.15, 0.2) is 17.1 Å². The van der Waals surface area contributed by atoms with Gasteiger partial charge in [0.05, 0.1) is 5.92 Å². The van der Waals surface area contributed by atoms with E-state index >= 15 is 0 Å². The zero-order chi connectivity index (χ0) is 21.3. The van der Waals surface area contributed by atoms with Crippen molar-refractivity contribution in [2.75, 3.05) is 6.54 Å². The summed E-state index contributed by atoms with van der Waals surface area (Å²) in [5.74, 6) is -3.50. The van der Waals surface area contributed by atoms with E-state index in [1.54, 1.807) is 13.8 Å². The molecule has 9 heteroatoms. The minimum Gasteiger partial charge on any atom is -0.480 e. The summed E-state index contributed by atoms with van der Waals surface area (Å²) >= 11 is 0. The van der Waals surface area contributed by atoms with E-state index in [-0.39, 0.29) is 30.1 Å². The van der Waals surface area contributed by atoms with E-state index in [0.717, 1.165) is 4.90 Å². The SMILES string of the molecule is CC(C)C(C=NC(=O)CCCCCN1C(=O)C=CC1=O)C(=O)N[C@@H](C)C(=O)O. The number of unbranched alkanes of at least 4 members (excludes halogenated alkanes) is 2. The Bertz CT molecular complexity index is 665. The number of nitrogens with zero attached hydrogens (tertiary/aromatic N) is 2. The lowest BCUT2D eigenvalue weighted by molar-refractivity contribution is -0.141. The van der Waals surface area contributed by atoms with E-state index in [2.05, 4.69) is 10.3 Å². The smallest absolute Gasteiger partial charge is 0.325 e. The summed E-state index contributed by atoms with van der Waals surface area (Å²) < 4.78 is 0. The van der Waals surface area contributed by atoms with Crippen LogP contribution in [0.4, 0.5) is 0 Å². The summed E-state index contributed by atoms with van der Waals surface area (Å²) in [6, 6.07) is -1.03. The highest BCUT2D eigenvalue weighted by Crippen LogP contribution is 2.11. The molecule has 0 aromatic heterocycles. The Balaban J connectivity index is 2.37. The molecule has 2 N–H and O–H groups in total. The van der Waals surface area contributed by atoms with Crippen LogP contribution in [0.3, 0.4) is 0 Å². The standard InChI is InChI=1S/C19H27N3O6/c1-12(2)14(18(26)21-13(3)19(27)28)11-20-15(23)7-5-4-6-10-22-16(24)8-9-17(22)25/h8-9,11-14H,4-7,10H2,1-3H3,(H,21,26)(H,27,28)/t13-,14?/m0/s1. The molecule has 0 saturated carbocycles. The first-order chi connectivity index (χ1) is 13.1. The van der Waals surface area contributed by atoms with Crippen LogP contribution in [0.5, 0.6) is 0 Å². The maximum Gasteiger partial charge on any atom is 0.325 e. The number of carbonyl (C=O) groups excluding carboxylic acids is 4. The normalized spacial score (nSPS) is 16.1. The number of hydrogen-bond donors (Lipinski definition) is 2. The number of carboxylic acids is 1. The first kappa shape index (κ1) is 23.2. The summed E-state index contributed by atoms with van der Waals surface area (Å²) in [6.07, 6.45) is 5.73. The molecule has 0 radical (unpaired) electrons. The number of nitrogens with one attached hydrogen (secondary N) is 1. The molecule has 0 aromatic carbocycles. The van der Waals surface area contributed by atoms with Crippen molar-refractivity contribution in [2.24, 2.45) is 16.8 Å². The van der Waals surface area contributed by atoms with Crippen LogP contribution in [-0.4, -0.2) is 58.4 Å². The fourth-order valence-electron chi connectivity index (χ4n) is 2.52. The van der Waals surface area contributed by atoms with Crippen molar-refractivity contribution >= 4 is 35.8 Å². The van der Waals surface area contributed by atoms with Crippen molar-refractivity contribution in [3.8, 4) is 0 Å². The predicted octanol–water partition coefficient (Wildman–Crippen LogP) is 0.931. The van der Waals surface area contributed by atoms with Crippen molar-refractivity contribution in [3.63, 3.8) is 0 Å². The third-order valence-corrected chi connectivity index (χ3v) is 4.30. The lowest BCUT2D eigenvalue weighted by Crippen LogP contribution is -2.43. The minimum atomic E-state index is -1.14. The van der Waals surface area contributed by atoms with E-state index in [9.17, 15) is 24.0 Å². The van der Waals surface area contributed by atoms with E-state index in [4.69, 9.17) is 5.11 Å². The average molecular weight is 393 g/mol. The van der Waals surface area contributed by atoms with Crippen LogP contribution in [0, 0.1) is 11.8 Å². The summed E-state index contributed by atoms with van der Waals surface area (Å²) in [6.45, 7) is 5.24. The van der Waals surface area contributed by atoms with Crippen molar-refractivity contribution in [3.05, 3.63) is 12.2 Å². The maximum absolute atomic E-state index is 12.1. The van der Waals surface area contributed by atoms with E-state index in [0.29, 0.717) is 25.8 Å². The molecule has 0 aliphatic carbocycles. The summed E-state index contributed by atoms with van der Waals surface area (Å²) in [5, 5.41) is 11.2. The Morgan fingerprint density at radius 1 is 1.11 bits per heavy atom. The number of imide groups is 1. The van der Waals surface area contributed by atoms with Gasteiger partial charge in [0.15, 0.2) is 0 Å². The molecule has 0 bridgehead atoms. The molecule has 9 nitrogen and oxygen atoms in total. The molecular formula is C19H27N3O6. The molecule has 0 spiro atoms. The molecule has 4 amide bonds. The van der Waals surface area contributed by atoms with Gasteiger partial charge in [-0.3, -0.25) is 28.9 Å². The Morgan fingerprint density at radius 3 is 2.25 bits per heavy atom. The van der Waals surface area contributed by atoms with Gasteiger partial charge < -0.3 is 10.4 Å². The van der Waals surface area contributed by atoms with Gasteiger partial charge in [0.2, 0.25) is 11.8 Å². The first-order valence-corrected chi connectivity index (χ1v) is 9.27. The van der Waals surface area contributed by atoms with Crippen LogP contribution in [0.25, 0.3) is 0 Å². The van der Waals surface area contributed by atoms with Gasteiger partial charge in [-0.1, -0.05) is 20.3 Å². The highest BCUT2D eigenvalue weighted by molar-refractivity contribution is 6.12. The Morgan fingerprint density at radius 2 is 1.71 bits per heavy atom. The molecule has 1 heterocycles. The fraction of sp³-hybridized carbons (Fsp3) is 0.579.